The normalized spacial score (nSPS) is 20.6. The summed E-state index contributed by atoms with van der Waals surface area (Å²) >= 11 is 0. The van der Waals surface area contributed by atoms with E-state index in [1.165, 1.54) is 23.8 Å². The maximum atomic E-state index is 12.7. The third-order valence-corrected chi connectivity index (χ3v) is 3.25. The minimum atomic E-state index is -4.84. The zero-order valence-corrected chi connectivity index (χ0v) is 11.2. The van der Waals surface area contributed by atoms with Crippen LogP contribution in [-0.4, -0.2) is 48.7 Å². The lowest BCUT2D eigenvalue weighted by Crippen LogP contribution is -2.43. The third kappa shape index (κ3) is 2.19. The van der Waals surface area contributed by atoms with Crippen molar-refractivity contribution in [3.05, 3.63) is 18.5 Å². The van der Waals surface area contributed by atoms with Crippen LogP contribution in [0.2, 0.25) is 0 Å². The molecule has 2 atom stereocenters. The van der Waals surface area contributed by atoms with Crippen LogP contribution in [0.5, 0.6) is 0 Å². The summed E-state index contributed by atoms with van der Waals surface area (Å²) < 4.78 is 39.4. The molecule has 0 unspecified atom stereocenters. The van der Waals surface area contributed by atoms with Crippen molar-refractivity contribution in [1.82, 2.24) is 19.8 Å². The first-order valence-corrected chi connectivity index (χ1v) is 6.14. The Morgan fingerprint density at radius 3 is 2.77 bits per heavy atom. The van der Waals surface area contributed by atoms with Gasteiger partial charge in [0.05, 0.1) is 5.92 Å². The first kappa shape index (κ1) is 14.4. The summed E-state index contributed by atoms with van der Waals surface area (Å²) in [6.45, 7) is 1.32. The number of aliphatic hydroxyl groups is 1. The largest absolute Gasteiger partial charge is 0.415 e. The maximum Gasteiger partial charge on any atom is 0.415 e. The first-order valence-electron chi connectivity index (χ1n) is 6.14. The van der Waals surface area contributed by atoms with Gasteiger partial charge in [0.15, 0.2) is 17.6 Å². The van der Waals surface area contributed by atoms with Crippen molar-refractivity contribution in [3.63, 3.8) is 0 Å². The highest BCUT2D eigenvalue weighted by Crippen LogP contribution is 2.32. The van der Waals surface area contributed by atoms with E-state index in [1.54, 1.807) is 6.07 Å². The Labute approximate surface area is 121 Å². The molecule has 2 aromatic heterocycles. The molecule has 1 aliphatic heterocycles. The van der Waals surface area contributed by atoms with Gasteiger partial charge in [-0.2, -0.15) is 27.8 Å². The number of aromatic nitrogens is 4. The highest BCUT2D eigenvalue weighted by molar-refractivity contribution is 6.16. The lowest BCUT2D eigenvalue weighted by atomic mass is 9.96. The zero-order valence-electron chi connectivity index (χ0n) is 11.2. The molecule has 0 radical (unpaired) electrons. The smallest absolute Gasteiger partial charge is 0.383 e. The Morgan fingerprint density at radius 2 is 2.09 bits per heavy atom. The van der Waals surface area contributed by atoms with E-state index >= 15 is 0 Å². The van der Waals surface area contributed by atoms with Gasteiger partial charge in [0.2, 0.25) is 0 Å². The first-order chi connectivity index (χ1) is 10.3. The molecule has 116 valence electrons. The Balaban J connectivity index is 1.95. The van der Waals surface area contributed by atoms with Crippen molar-refractivity contribution in [2.75, 3.05) is 5.01 Å². The van der Waals surface area contributed by atoms with Crippen LogP contribution in [-0.2, 0) is 0 Å². The van der Waals surface area contributed by atoms with Crippen molar-refractivity contribution in [3.8, 4) is 0 Å². The van der Waals surface area contributed by atoms with E-state index in [0.29, 0.717) is 5.65 Å². The SMILES string of the molecule is CC1=NN(c2ccc3nncn3n2)C(=N)[C@@H]1[C@@H](O)C(F)(F)F. The highest BCUT2D eigenvalue weighted by Gasteiger charge is 2.50. The standard InChI is InChI=1S/C11H10F3N7O/c1-5-8(9(22)11(12,13)14)10(15)21(18-5)7-3-2-6-17-16-4-20(6)19-7/h2-4,8-9,15,22H,1H3/t8-,9+/m0/s1. The van der Waals surface area contributed by atoms with Gasteiger partial charge in [-0.1, -0.05) is 0 Å². The quantitative estimate of drug-likeness (QED) is 0.855. The van der Waals surface area contributed by atoms with Crippen molar-refractivity contribution in [2.45, 2.75) is 19.2 Å². The van der Waals surface area contributed by atoms with E-state index in [9.17, 15) is 18.3 Å². The molecule has 0 saturated heterocycles. The minimum Gasteiger partial charge on any atom is -0.383 e. The molecule has 8 nitrogen and oxygen atoms in total. The van der Waals surface area contributed by atoms with Gasteiger partial charge in [0.1, 0.15) is 12.2 Å². The van der Waals surface area contributed by atoms with E-state index in [1.807, 2.05) is 0 Å². The summed E-state index contributed by atoms with van der Waals surface area (Å²) in [5, 5.41) is 33.6. The second kappa shape index (κ2) is 4.73. The number of aliphatic hydroxyl groups excluding tert-OH is 1. The van der Waals surface area contributed by atoms with Gasteiger partial charge in [-0.3, -0.25) is 5.41 Å². The number of fused-ring (bicyclic) bond motifs is 1. The van der Waals surface area contributed by atoms with Crippen molar-refractivity contribution in [2.24, 2.45) is 11.0 Å². The van der Waals surface area contributed by atoms with Gasteiger partial charge in [0.25, 0.3) is 0 Å². The topological polar surface area (TPSA) is 103 Å². The van der Waals surface area contributed by atoms with Crippen LogP contribution >= 0.6 is 0 Å². The average Bonchev–Trinajstić information content (AvgIpc) is 3.01. The number of rotatable bonds is 2. The molecule has 0 fully saturated rings. The minimum absolute atomic E-state index is 0.0134. The van der Waals surface area contributed by atoms with Crippen LogP contribution in [0.25, 0.3) is 5.65 Å². The number of amidine groups is 1. The molecule has 0 amide bonds. The Hall–Kier alpha value is -2.56. The molecule has 1 aliphatic rings. The maximum absolute atomic E-state index is 12.7. The molecule has 0 saturated carbocycles. The summed E-state index contributed by atoms with van der Waals surface area (Å²) in [7, 11) is 0. The van der Waals surface area contributed by atoms with E-state index in [0.717, 1.165) is 5.01 Å². The monoisotopic (exact) mass is 313 g/mol. The third-order valence-electron chi connectivity index (χ3n) is 3.25. The van der Waals surface area contributed by atoms with Crippen LogP contribution in [0.15, 0.2) is 23.6 Å². The number of alkyl halides is 3. The van der Waals surface area contributed by atoms with Crippen LogP contribution < -0.4 is 5.01 Å². The summed E-state index contributed by atoms with van der Waals surface area (Å²) in [4.78, 5) is 0. The highest BCUT2D eigenvalue weighted by atomic mass is 19.4. The van der Waals surface area contributed by atoms with E-state index in [2.05, 4.69) is 20.4 Å². The number of hydrogen-bond donors (Lipinski definition) is 2. The summed E-state index contributed by atoms with van der Waals surface area (Å²) in [6.07, 6.45) is -6.21. The molecule has 3 rings (SSSR count). The fourth-order valence-electron chi connectivity index (χ4n) is 2.18. The molecule has 2 N–H and O–H groups in total. The Bertz CT molecular complexity index is 768. The molecule has 3 heterocycles. The van der Waals surface area contributed by atoms with Crippen LogP contribution in [0.1, 0.15) is 6.92 Å². The molecule has 0 aromatic carbocycles. The fraction of sp³-hybridized carbons (Fsp3) is 0.364. The van der Waals surface area contributed by atoms with E-state index in [-0.39, 0.29) is 11.5 Å². The van der Waals surface area contributed by atoms with Gasteiger partial charge in [-0.25, -0.2) is 0 Å². The molecule has 0 spiro atoms. The molecule has 0 bridgehead atoms. The number of hydrazone groups is 1. The zero-order chi connectivity index (χ0) is 16.1. The summed E-state index contributed by atoms with van der Waals surface area (Å²) in [5.41, 5.74) is 0.433. The number of anilines is 1. The van der Waals surface area contributed by atoms with Crippen LogP contribution in [0.3, 0.4) is 0 Å². The molecular weight excluding hydrogens is 303 g/mol. The lowest BCUT2D eigenvalue weighted by molar-refractivity contribution is -0.207. The predicted octanol–water partition coefficient (Wildman–Crippen LogP) is 0.837. The average molecular weight is 313 g/mol. The predicted molar refractivity (Wildman–Crippen MR) is 69.6 cm³/mol. The summed E-state index contributed by atoms with van der Waals surface area (Å²) in [5.74, 6) is -1.92. The van der Waals surface area contributed by atoms with Crippen LogP contribution in [0, 0.1) is 11.3 Å². The number of halogens is 3. The van der Waals surface area contributed by atoms with Crippen LogP contribution in [0.4, 0.5) is 19.0 Å². The molecule has 22 heavy (non-hydrogen) atoms. The van der Waals surface area contributed by atoms with Gasteiger partial charge < -0.3 is 5.11 Å². The number of nitrogens with zero attached hydrogens (tertiary/aromatic N) is 6. The molecular formula is C11H10F3N7O. The Morgan fingerprint density at radius 1 is 1.36 bits per heavy atom. The number of nitrogens with one attached hydrogen (secondary N) is 1. The molecule has 11 heteroatoms. The van der Waals surface area contributed by atoms with Gasteiger partial charge in [0, 0.05) is 5.71 Å². The van der Waals surface area contributed by atoms with E-state index in [4.69, 9.17) is 5.41 Å². The van der Waals surface area contributed by atoms with Crippen molar-refractivity contribution in [1.29, 1.82) is 5.41 Å². The van der Waals surface area contributed by atoms with Gasteiger partial charge >= 0.3 is 6.18 Å². The van der Waals surface area contributed by atoms with Crippen molar-refractivity contribution >= 4 is 23.0 Å². The van der Waals surface area contributed by atoms with Gasteiger partial charge in [-0.15, -0.1) is 15.3 Å². The lowest BCUT2D eigenvalue weighted by Gasteiger charge is -2.22. The fourth-order valence-corrected chi connectivity index (χ4v) is 2.18. The molecule has 2 aromatic rings. The molecule has 0 aliphatic carbocycles. The second-order valence-electron chi connectivity index (χ2n) is 4.73. The van der Waals surface area contributed by atoms with Crippen molar-refractivity contribution < 1.29 is 18.3 Å². The van der Waals surface area contributed by atoms with E-state index < -0.39 is 24.0 Å². The second-order valence-corrected chi connectivity index (χ2v) is 4.73. The Kier molecular flexibility index (Phi) is 3.09. The summed E-state index contributed by atoms with van der Waals surface area (Å²) in [6, 6.07) is 3.00. The number of hydrogen-bond acceptors (Lipinski definition) is 6. The van der Waals surface area contributed by atoms with Gasteiger partial charge in [-0.05, 0) is 19.1 Å².